The van der Waals surface area contributed by atoms with Crippen LogP contribution in [0.1, 0.15) is 0 Å². The molecule has 1 aliphatic heterocycles. The number of carbonyl (C=O) groups excluding carboxylic acids is 1. The predicted octanol–water partition coefficient (Wildman–Crippen LogP) is 1.09. The van der Waals surface area contributed by atoms with Crippen molar-refractivity contribution >= 4 is 6.29 Å². The monoisotopic (exact) mass is 159 g/mol. The van der Waals surface area contributed by atoms with Gasteiger partial charge in [0.15, 0.2) is 0 Å². The van der Waals surface area contributed by atoms with Gasteiger partial charge in [0.1, 0.15) is 6.29 Å². The van der Waals surface area contributed by atoms with Gasteiger partial charge < -0.3 is 5.32 Å². The van der Waals surface area contributed by atoms with E-state index in [4.69, 9.17) is 0 Å². The lowest BCUT2D eigenvalue weighted by atomic mass is 9.96. The fraction of sp³-hybridized carbons (Fsp3) is 0.100. The zero-order chi connectivity index (χ0) is 8.39. The van der Waals surface area contributed by atoms with E-state index < -0.39 is 0 Å². The van der Waals surface area contributed by atoms with Gasteiger partial charge in [-0.3, -0.25) is 4.79 Å². The number of allylic oxidation sites excluding steroid dienone is 4. The average Bonchev–Trinajstić information content (AvgIpc) is 2.17. The number of carbonyl (C=O) groups is 1. The molecule has 0 bridgehead atoms. The first-order valence-electron chi connectivity index (χ1n) is 3.88. The molecule has 1 aliphatic carbocycles. The number of hydrogen-bond acceptors (Lipinski definition) is 2. The quantitative estimate of drug-likeness (QED) is 0.580. The molecule has 0 fully saturated rings. The highest BCUT2D eigenvalue weighted by molar-refractivity contribution is 5.79. The van der Waals surface area contributed by atoms with Crippen LogP contribution in [-0.4, -0.2) is 12.3 Å². The van der Waals surface area contributed by atoms with Gasteiger partial charge in [-0.1, -0.05) is 18.2 Å². The second-order valence-corrected chi connectivity index (χ2v) is 2.79. The van der Waals surface area contributed by atoms with E-state index in [-0.39, 0.29) is 6.04 Å². The third kappa shape index (κ3) is 1.11. The van der Waals surface area contributed by atoms with Crippen molar-refractivity contribution < 1.29 is 4.79 Å². The maximum absolute atomic E-state index is 10.4. The van der Waals surface area contributed by atoms with E-state index in [1.807, 2.05) is 36.6 Å². The van der Waals surface area contributed by atoms with Crippen LogP contribution >= 0.6 is 0 Å². The Morgan fingerprint density at radius 3 is 3.25 bits per heavy atom. The van der Waals surface area contributed by atoms with Crippen LogP contribution in [-0.2, 0) is 4.79 Å². The van der Waals surface area contributed by atoms with Gasteiger partial charge in [-0.25, -0.2) is 0 Å². The zero-order valence-electron chi connectivity index (χ0n) is 6.53. The summed E-state index contributed by atoms with van der Waals surface area (Å²) in [6, 6.07) is 0.249. The number of rotatable bonds is 1. The topological polar surface area (TPSA) is 29.1 Å². The lowest BCUT2D eigenvalue weighted by Crippen LogP contribution is -2.27. The highest BCUT2D eigenvalue weighted by atomic mass is 16.1. The van der Waals surface area contributed by atoms with Gasteiger partial charge in [-0.2, -0.15) is 0 Å². The van der Waals surface area contributed by atoms with Crippen molar-refractivity contribution in [1.82, 2.24) is 5.32 Å². The van der Waals surface area contributed by atoms with Gasteiger partial charge in [0.05, 0.1) is 6.04 Å². The zero-order valence-corrected chi connectivity index (χ0v) is 6.53. The van der Waals surface area contributed by atoms with Crippen LogP contribution in [0.3, 0.4) is 0 Å². The van der Waals surface area contributed by atoms with Crippen LogP contribution in [0.15, 0.2) is 47.7 Å². The molecule has 2 nitrogen and oxygen atoms in total. The molecule has 2 rings (SSSR count). The minimum absolute atomic E-state index is 0.249. The van der Waals surface area contributed by atoms with Gasteiger partial charge in [-0.15, -0.1) is 0 Å². The summed E-state index contributed by atoms with van der Waals surface area (Å²) in [5.41, 5.74) is 1.87. The lowest BCUT2D eigenvalue weighted by molar-refractivity contribution is -0.104. The lowest BCUT2D eigenvalue weighted by Gasteiger charge is -2.20. The Balaban J connectivity index is 2.34. The van der Waals surface area contributed by atoms with Gasteiger partial charge in [0.25, 0.3) is 0 Å². The minimum Gasteiger partial charge on any atom is -0.381 e. The van der Waals surface area contributed by atoms with E-state index in [1.54, 1.807) is 0 Å². The molecule has 0 radical (unpaired) electrons. The smallest absolute Gasteiger partial charge is 0.150 e. The molecule has 0 saturated heterocycles. The summed E-state index contributed by atoms with van der Waals surface area (Å²) in [6.07, 6.45) is 12.4. The van der Waals surface area contributed by atoms with Gasteiger partial charge in [0, 0.05) is 5.57 Å². The van der Waals surface area contributed by atoms with Crippen LogP contribution in [0.5, 0.6) is 0 Å². The molecule has 0 aromatic heterocycles. The van der Waals surface area contributed by atoms with Crippen molar-refractivity contribution in [3.05, 3.63) is 47.7 Å². The normalized spacial score (nSPS) is 25.2. The van der Waals surface area contributed by atoms with E-state index in [9.17, 15) is 4.79 Å². The third-order valence-corrected chi connectivity index (χ3v) is 1.97. The van der Waals surface area contributed by atoms with Crippen LogP contribution in [0.25, 0.3) is 0 Å². The van der Waals surface area contributed by atoms with Crippen molar-refractivity contribution in [2.24, 2.45) is 0 Å². The molecule has 1 heterocycles. The van der Waals surface area contributed by atoms with E-state index >= 15 is 0 Å². The van der Waals surface area contributed by atoms with Crippen LogP contribution in [0.4, 0.5) is 0 Å². The summed E-state index contributed by atoms with van der Waals surface area (Å²) in [5, 5.41) is 3.17. The largest absolute Gasteiger partial charge is 0.381 e. The van der Waals surface area contributed by atoms with E-state index in [1.165, 1.54) is 0 Å². The maximum atomic E-state index is 10.4. The van der Waals surface area contributed by atoms with Crippen molar-refractivity contribution in [3.63, 3.8) is 0 Å². The minimum atomic E-state index is 0.249. The van der Waals surface area contributed by atoms with Gasteiger partial charge in [-0.05, 0) is 23.9 Å². The second kappa shape index (κ2) is 2.81. The summed E-state index contributed by atoms with van der Waals surface area (Å²) in [7, 11) is 0. The molecule has 12 heavy (non-hydrogen) atoms. The molecule has 0 spiro atoms. The summed E-state index contributed by atoms with van der Waals surface area (Å²) in [6.45, 7) is 0. The molecule has 1 N–H and O–H groups in total. The molecule has 0 aromatic carbocycles. The Morgan fingerprint density at radius 1 is 1.50 bits per heavy atom. The van der Waals surface area contributed by atoms with Gasteiger partial charge >= 0.3 is 0 Å². The molecule has 2 heteroatoms. The van der Waals surface area contributed by atoms with Crippen molar-refractivity contribution in [2.45, 2.75) is 6.04 Å². The van der Waals surface area contributed by atoms with Crippen LogP contribution < -0.4 is 5.32 Å². The van der Waals surface area contributed by atoms with Crippen molar-refractivity contribution in [2.75, 3.05) is 0 Å². The molecule has 1 atom stereocenters. The molecule has 1 unspecified atom stereocenters. The Morgan fingerprint density at radius 2 is 2.42 bits per heavy atom. The molecule has 0 amide bonds. The molecule has 60 valence electrons. The van der Waals surface area contributed by atoms with E-state index in [0.717, 1.165) is 17.4 Å². The number of nitrogens with one attached hydrogen (secondary N) is 1. The Bertz CT molecular complexity index is 321. The maximum Gasteiger partial charge on any atom is 0.150 e. The summed E-state index contributed by atoms with van der Waals surface area (Å²) < 4.78 is 0. The SMILES string of the molecule is O=CC1=CC2=CC=CNC2C=C1. The first-order valence-corrected chi connectivity index (χ1v) is 3.88. The molecular weight excluding hydrogens is 150 g/mol. The highest BCUT2D eigenvalue weighted by Gasteiger charge is 2.13. The fourth-order valence-corrected chi connectivity index (χ4v) is 1.34. The Hall–Kier alpha value is -1.57. The van der Waals surface area contributed by atoms with E-state index in [0.29, 0.717) is 0 Å². The first-order chi connectivity index (χ1) is 5.90. The van der Waals surface area contributed by atoms with Crippen molar-refractivity contribution in [1.29, 1.82) is 0 Å². The first kappa shape index (κ1) is 7.10. The van der Waals surface area contributed by atoms with Crippen molar-refractivity contribution in [3.8, 4) is 0 Å². The Kier molecular flexibility index (Phi) is 1.67. The Labute approximate surface area is 71.0 Å². The summed E-state index contributed by atoms with van der Waals surface area (Å²) in [5.74, 6) is 0. The number of hydrogen-bond donors (Lipinski definition) is 1. The standard InChI is InChI=1S/C10H9NO/c12-7-8-3-4-10-9(6-8)2-1-5-11-10/h1-7,10-11H. The molecule has 0 aromatic rings. The number of fused-ring (bicyclic) bond motifs is 1. The third-order valence-electron chi connectivity index (χ3n) is 1.97. The van der Waals surface area contributed by atoms with Crippen LogP contribution in [0.2, 0.25) is 0 Å². The average molecular weight is 159 g/mol. The number of dihydropyridines is 1. The predicted molar refractivity (Wildman–Crippen MR) is 47.4 cm³/mol. The fourth-order valence-electron chi connectivity index (χ4n) is 1.34. The molecule has 2 aliphatic rings. The summed E-state index contributed by atoms with van der Waals surface area (Å²) in [4.78, 5) is 10.4. The molecule has 0 saturated carbocycles. The van der Waals surface area contributed by atoms with Crippen LogP contribution in [0, 0.1) is 0 Å². The molecular formula is C10H9NO. The second-order valence-electron chi connectivity index (χ2n) is 2.79. The highest BCUT2D eigenvalue weighted by Crippen LogP contribution is 2.17. The van der Waals surface area contributed by atoms with Gasteiger partial charge in [0.2, 0.25) is 0 Å². The summed E-state index contributed by atoms with van der Waals surface area (Å²) >= 11 is 0. The number of aldehydes is 1. The van der Waals surface area contributed by atoms with E-state index in [2.05, 4.69) is 5.32 Å².